The Morgan fingerprint density at radius 2 is 1.41 bits per heavy atom. The lowest BCUT2D eigenvalue weighted by Gasteiger charge is -2.16. The highest BCUT2D eigenvalue weighted by Crippen LogP contribution is 1.97. The summed E-state index contributed by atoms with van der Waals surface area (Å²) in [6, 6.07) is -2.97. The molecule has 0 aromatic heterocycles. The van der Waals surface area contributed by atoms with E-state index >= 15 is 0 Å². The summed E-state index contributed by atoms with van der Waals surface area (Å²) in [7, 11) is 0. The van der Waals surface area contributed by atoms with Crippen molar-refractivity contribution in [2.45, 2.75) is 31.0 Å². The Labute approximate surface area is 165 Å². The van der Waals surface area contributed by atoms with Gasteiger partial charge in [0.25, 0.3) is 0 Å². The summed E-state index contributed by atoms with van der Waals surface area (Å²) in [5.74, 6) is -4.52. The number of aliphatic carboxylic acids is 3. The maximum Gasteiger partial charge on any atom is 0.322 e. The van der Waals surface area contributed by atoms with Crippen molar-refractivity contribution in [3.63, 3.8) is 0 Å². The number of carboxylic acid groups (broad SMARTS) is 3. The van der Waals surface area contributed by atoms with Crippen LogP contribution in [0.1, 0.15) is 12.8 Å². The standard InChI is InChI=1S/C10H17N3O6S.C3H7NO2S/c11-5(10(18)19)1-2-7(14)13-6(4-20)9(17)12-3-8(15)16;4-2(1-7)3(5)6/h5-6,20H,1-4,11H2,(H,12,17)(H,13,14)(H,15,16)(H,18,19);2,7H,1,4H2,(H,5,6)/t5-,6-;2-/m00/s1. The van der Waals surface area contributed by atoms with Crippen LogP contribution >= 0.6 is 25.3 Å². The molecule has 0 saturated heterocycles. The zero-order valence-corrected chi connectivity index (χ0v) is 16.0. The Balaban J connectivity index is 0. The molecule has 0 aliphatic carbocycles. The minimum absolute atomic E-state index is 0.0256. The molecule has 156 valence electrons. The SMILES string of the molecule is N[C@@H](CCC(=O)N[C@@H](CS)C(=O)NCC(=O)O)C(=O)O.N[C@@H](CS)C(=O)O. The predicted octanol–water partition coefficient (Wildman–Crippen LogP) is -2.88. The number of amides is 2. The third-order valence-corrected chi connectivity index (χ3v) is 3.52. The molecule has 0 aromatic rings. The van der Waals surface area contributed by atoms with E-state index in [1.807, 2.05) is 0 Å². The van der Waals surface area contributed by atoms with Crippen LogP contribution in [0.3, 0.4) is 0 Å². The van der Waals surface area contributed by atoms with Crippen LogP contribution in [0, 0.1) is 0 Å². The van der Waals surface area contributed by atoms with Crippen LogP contribution < -0.4 is 22.1 Å². The van der Waals surface area contributed by atoms with Crippen molar-refractivity contribution in [2.75, 3.05) is 18.1 Å². The highest BCUT2D eigenvalue weighted by molar-refractivity contribution is 7.80. The van der Waals surface area contributed by atoms with E-state index in [4.69, 9.17) is 26.8 Å². The van der Waals surface area contributed by atoms with Crippen LogP contribution in [0.25, 0.3) is 0 Å². The summed E-state index contributed by atoms with van der Waals surface area (Å²) < 4.78 is 0. The second kappa shape index (κ2) is 15.1. The minimum atomic E-state index is -1.22. The lowest BCUT2D eigenvalue weighted by atomic mass is 10.1. The quantitative estimate of drug-likeness (QED) is 0.153. The molecule has 0 heterocycles. The van der Waals surface area contributed by atoms with Crippen molar-refractivity contribution in [2.24, 2.45) is 11.5 Å². The van der Waals surface area contributed by atoms with Gasteiger partial charge in [-0.05, 0) is 6.42 Å². The topological polar surface area (TPSA) is 222 Å². The van der Waals surface area contributed by atoms with Crippen LogP contribution in [0.5, 0.6) is 0 Å². The number of thiol groups is 2. The van der Waals surface area contributed by atoms with E-state index in [2.05, 4.69) is 35.9 Å². The van der Waals surface area contributed by atoms with E-state index in [9.17, 15) is 24.0 Å². The molecule has 0 spiro atoms. The molecule has 0 unspecified atom stereocenters. The summed E-state index contributed by atoms with van der Waals surface area (Å²) in [6.07, 6.45) is -0.235. The first kappa shape index (κ1) is 27.2. The number of carbonyl (C=O) groups is 5. The number of carbonyl (C=O) groups excluding carboxylic acids is 2. The Bertz CT molecular complexity index is 534. The van der Waals surface area contributed by atoms with E-state index in [0.29, 0.717) is 0 Å². The number of rotatable bonds is 11. The van der Waals surface area contributed by atoms with Gasteiger partial charge < -0.3 is 37.4 Å². The molecule has 0 fully saturated rings. The number of nitrogens with two attached hydrogens (primary N) is 2. The molecular weight excluding hydrogens is 404 g/mol. The number of hydrogen-bond acceptors (Lipinski definition) is 9. The van der Waals surface area contributed by atoms with Gasteiger partial charge in [-0.3, -0.25) is 24.0 Å². The smallest absolute Gasteiger partial charge is 0.322 e. The average Bonchev–Trinajstić information content (AvgIpc) is 2.61. The first-order valence-corrected chi connectivity index (χ1v) is 8.70. The number of hydrogen-bond donors (Lipinski definition) is 9. The van der Waals surface area contributed by atoms with Crippen LogP contribution in [0.4, 0.5) is 0 Å². The third kappa shape index (κ3) is 14.8. The van der Waals surface area contributed by atoms with Gasteiger partial charge in [0.15, 0.2) is 0 Å². The van der Waals surface area contributed by atoms with Crippen LogP contribution in [-0.2, 0) is 24.0 Å². The molecule has 0 radical (unpaired) electrons. The molecule has 0 aliphatic rings. The lowest BCUT2D eigenvalue weighted by Crippen LogP contribution is -2.49. The van der Waals surface area contributed by atoms with E-state index in [0.717, 1.165) is 0 Å². The van der Waals surface area contributed by atoms with Crippen LogP contribution in [0.2, 0.25) is 0 Å². The van der Waals surface area contributed by atoms with Gasteiger partial charge >= 0.3 is 17.9 Å². The fourth-order valence-electron chi connectivity index (χ4n) is 1.23. The normalized spacial score (nSPS) is 13.2. The van der Waals surface area contributed by atoms with Crippen molar-refractivity contribution in [3.8, 4) is 0 Å². The molecule has 0 saturated carbocycles. The lowest BCUT2D eigenvalue weighted by molar-refractivity contribution is -0.139. The maximum absolute atomic E-state index is 11.5. The molecular formula is C13H24N4O8S2. The Kier molecular flexibility index (Phi) is 15.2. The largest absolute Gasteiger partial charge is 0.480 e. The first-order chi connectivity index (χ1) is 12.5. The average molecular weight is 428 g/mol. The molecule has 0 aromatic carbocycles. The second-order valence-electron chi connectivity index (χ2n) is 5.02. The van der Waals surface area contributed by atoms with Crippen LogP contribution in [0.15, 0.2) is 0 Å². The van der Waals surface area contributed by atoms with E-state index in [-0.39, 0.29) is 24.3 Å². The number of nitrogens with one attached hydrogen (secondary N) is 2. The molecule has 3 atom stereocenters. The molecule has 0 bridgehead atoms. The zero-order valence-electron chi connectivity index (χ0n) is 14.2. The summed E-state index contributed by atoms with van der Waals surface area (Å²) >= 11 is 7.52. The highest BCUT2D eigenvalue weighted by atomic mass is 32.1. The second-order valence-corrected chi connectivity index (χ2v) is 5.76. The summed E-state index contributed by atoms with van der Waals surface area (Å²) in [5.41, 5.74) is 10.2. The third-order valence-electron chi connectivity index (χ3n) is 2.76. The van der Waals surface area contributed by atoms with Crippen molar-refractivity contribution in [3.05, 3.63) is 0 Å². The molecule has 12 nitrogen and oxygen atoms in total. The fourth-order valence-corrected chi connectivity index (χ4v) is 1.65. The molecule has 27 heavy (non-hydrogen) atoms. The van der Waals surface area contributed by atoms with E-state index < -0.39 is 54.4 Å². The molecule has 0 rings (SSSR count). The van der Waals surface area contributed by atoms with Crippen molar-refractivity contribution < 1.29 is 39.3 Å². The summed E-state index contributed by atoms with van der Waals surface area (Å²) in [4.78, 5) is 53.5. The highest BCUT2D eigenvalue weighted by Gasteiger charge is 2.20. The van der Waals surface area contributed by atoms with Gasteiger partial charge in [-0.25, -0.2) is 0 Å². The van der Waals surface area contributed by atoms with Crippen molar-refractivity contribution in [1.29, 1.82) is 0 Å². The Morgan fingerprint density at radius 3 is 1.74 bits per heavy atom. The maximum atomic E-state index is 11.5. The molecule has 14 heteroatoms. The molecule has 9 N–H and O–H groups in total. The van der Waals surface area contributed by atoms with Gasteiger partial charge in [-0.15, -0.1) is 0 Å². The predicted molar refractivity (Wildman–Crippen MR) is 101 cm³/mol. The van der Waals surface area contributed by atoms with Crippen LogP contribution in [-0.4, -0.2) is 81.2 Å². The fraction of sp³-hybridized carbons (Fsp3) is 0.615. The van der Waals surface area contributed by atoms with Gasteiger partial charge in [-0.2, -0.15) is 25.3 Å². The van der Waals surface area contributed by atoms with E-state index in [1.54, 1.807) is 0 Å². The van der Waals surface area contributed by atoms with Gasteiger partial charge in [0.2, 0.25) is 11.8 Å². The van der Waals surface area contributed by atoms with E-state index in [1.165, 1.54) is 0 Å². The zero-order chi connectivity index (χ0) is 21.6. The monoisotopic (exact) mass is 428 g/mol. The first-order valence-electron chi connectivity index (χ1n) is 7.43. The molecule has 0 aliphatic heterocycles. The number of carboxylic acids is 3. The van der Waals surface area contributed by atoms with Gasteiger partial charge in [-0.1, -0.05) is 0 Å². The summed E-state index contributed by atoms with van der Waals surface area (Å²) in [6.45, 7) is -0.567. The Morgan fingerprint density at radius 1 is 0.889 bits per heavy atom. The van der Waals surface area contributed by atoms with Gasteiger partial charge in [0.05, 0.1) is 0 Å². The van der Waals surface area contributed by atoms with Gasteiger partial charge in [0.1, 0.15) is 24.7 Å². The molecule has 2 amide bonds. The van der Waals surface area contributed by atoms with Gasteiger partial charge in [0, 0.05) is 17.9 Å². The van der Waals surface area contributed by atoms with Crippen molar-refractivity contribution >= 4 is 55.0 Å². The summed E-state index contributed by atoms with van der Waals surface area (Å²) in [5, 5.41) is 29.4. The minimum Gasteiger partial charge on any atom is -0.480 e. The Hall–Kier alpha value is -2.03. The van der Waals surface area contributed by atoms with Crippen molar-refractivity contribution in [1.82, 2.24) is 10.6 Å².